The molecule has 0 bridgehead atoms. The van der Waals surface area contributed by atoms with E-state index in [1.807, 2.05) is 54.6 Å². The Kier molecular flexibility index (Phi) is 16.0. The second kappa shape index (κ2) is 21.5. The summed E-state index contributed by atoms with van der Waals surface area (Å²) < 4.78 is 0. The van der Waals surface area contributed by atoms with Crippen molar-refractivity contribution >= 4 is 52.3 Å². The minimum absolute atomic E-state index is 0.0505. The molecule has 17 nitrogen and oxygen atoms in total. The van der Waals surface area contributed by atoms with Gasteiger partial charge in [-0.15, -0.1) is 0 Å². The van der Waals surface area contributed by atoms with Crippen LogP contribution in [0.2, 0.25) is 0 Å². The van der Waals surface area contributed by atoms with Crippen molar-refractivity contribution < 1.29 is 28.8 Å². The van der Waals surface area contributed by atoms with Crippen LogP contribution >= 0.6 is 0 Å². The van der Waals surface area contributed by atoms with Crippen molar-refractivity contribution in [3.8, 4) is 0 Å². The summed E-state index contributed by atoms with van der Waals surface area (Å²) in [5.74, 6) is -3.36. The number of para-hydroxylation sites is 1. The highest BCUT2D eigenvalue weighted by Gasteiger charge is 2.37. The van der Waals surface area contributed by atoms with Crippen molar-refractivity contribution in [2.24, 2.45) is 22.2 Å². The average Bonchev–Trinajstić information content (AvgIpc) is 3.87. The van der Waals surface area contributed by atoms with E-state index in [1.165, 1.54) is 0 Å². The highest BCUT2D eigenvalue weighted by Crippen LogP contribution is 2.21. The molecule has 312 valence electrons. The Morgan fingerprint density at radius 3 is 2.17 bits per heavy atom. The van der Waals surface area contributed by atoms with E-state index < -0.39 is 59.7 Å². The summed E-state index contributed by atoms with van der Waals surface area (Å²) in [7, 11) is 0. The number of amides is 6. The smallest absolute Gasteiger partial charge is 0.243 e. The van der Waals surface area contributed by atoms with Gasteiger partial charge < -0.3 is 53.7 Å². The standard InChI is InChI=1S/C41H57N11O6/c42-36(54)30-15-6-7-19-45-20-9-18-35(53)52-22-10-17-34(52)40(58)51-32(23-26-11-2-1-3-12-26)38(56)49-31(16-8-21-46-41(43)44)37(55)50-33(39(57)48-30)24-27-25-47-29-14-5-4-13-28(27)29/h1-5,11-14,25,30-34,45,47H,6-10,15-24H2,(H2,42,54)(H,48,57)(H,49,56)(H,50,55)(H,51,58)(H4,43,44,46). The van der Waals surface area contributed by atoms with Crippen LogP contribution in [-0.2, 0) is 41.6 Å². The maximum atomic E-state index is 14.3. The third kappa shape index (κ3) is 12.5. The topological polar surface area (TPSA) is 272 Å². The molecule has 2 saturated heterocycles. The Labute approximate surface area is 338 Å². The van der Waals surface area contributed by atoms with Gasteiger partial charge in [0, 0.05) is 49.5 Å². The summed E-state index contributed by atoms with van der Waals surface area (Å²) in [5.41, 5.74) is 19.2. The van der Waals surface area contributed by atoms with Gasteiger partial charge in [-0.05, 0) is 81.6 Å². The number of carbonyl (C=O) groups excluding carboxylic acids is 6. The molecule has 1 aromatic heterocycles. The van der Waals surface area contributed by atoms with Gasteiger partial charge in [0.05, 0.1) is 0 Å². The van der Waals surface area contributed by atoms with E-state index in [-0.39, 0.29) is 56.9 Å². The van der Waals surface area contributed by atoms with Crippen molar-refractivity contribution in [2.75, 3.05) is 26.2 Å². The molecule has 17 heteroatoms. The van der Waals surface area contributed by atoms with E-state index >= 15 is 0 Å². The van der Waals surface area contributed by atoms with Crippen LogP contribution in [0.15, 0.2) is 65.8 Å². The maximum Gasteiger partial charge on any atom is 0.243 e. The zero-order valence-electron chi connectivity index (χ0n) is 32.8. The van der Waals surface area contributed by atoms with Gasteiger partial charge in [-0.3, -0.25) is 33.8 Å². The Balaban J connectivity index is 1.46. The number of rotatable bonds is 9. The predicted octanol–water partition coefficient (Wildman–Crippen LogP) is -0.0241. The third-order valence-electron chi connectivity index (χ3n) is 10.6. The molecule has 2 aliphatic heterocycles. The van der Waals surface area contributed by atoms with Gasteiger partial charge in [-0.1, -0.05) is 48.5 Å². The highest BCUT2D eigenvalue weighted by molar-refractivity contribution is 5.97. The molecule has 12 N–H and O–H groups in total. The lowest BCUT2D eigenvalue weighted by Crippen LogP contribution is -2.59. The lowest BCUT2D eigenvalue weighted by atomic mass is 10.0. The van der Waals surface area contributed by atoms with E-state index in [1.54, 1.807) is 11.1 Å². The third-order valence-corrected chi connectivity index (χ3v) is 10.6. The zero-order valence-corrected chi connectivity index (χ0v) is 32.8. The number of fused-ring (bicyclic) bond motifs is 2. The van der Waals surface area contributed by atoms with Crippen LogP contribution in [0.4, 0.5) is 0 Å². The number of aromatic nitrogens is 1. The summed E-state index contributed by atoms with van der Waals surface area (Å²) in [4.78, 5) is 91.2. The Morgan fingerprint density at radius 1 is 0.724 bits per heavy atom. The average molecular weight is 800 g/mol. The fourth-order valence-electron chi connectivity index (χ4n) is 7.50. The minimum Gasteiger partial charge on any atom is -0.370 e. The Hall–Kier alpha value is -5.97. The van der Waals surface area contributed by atoms with Gasteiger partial charge in [0.25, 0.3) is 0 Å². The van der Waals surface area contributed by atoms with Crippen molar-refractivity contribution in [1.29, 1.82) is 0 Å². The van der Waals surface area contributed by atoms with E-state index in [0.717, 1.165) is 22.0 Å². The summed E-state index contributed by atoms with van der Waals surface area (Å²) in [6.45, 7) is 1.79. The number of hydrogen-bond acceptors (Lipinski definition) is 8. The van der Waals surface area contributed by atoms with Crippen LogP contribution in [0.3, 0.4) is 0 Å². The monoisotopic (exact) mass is 799 g/mol. The number of aliphatic imine (C=N–C) groups is 1. The normalized spacial score (nSPS) is 23.6. The molecule has 58 heavy (non-hydrogen) atoms. The van der Waals surface area contributed by atoms with Crippen LogP contribution < -0.4 is 43.8 Å². The molecule has 5 unspecified atom stereocenters. The SMILES string of the molecule is NC(=O)C1CCCCNCCCC(=O)N2CCCC2C(=O)NC(Cc2ccccc2)C(=O)NC(CCCN=C(N)N)C(=O)NC(Cc2c[nH]c3ccccc23)C(=O)N1. The van der Waals surface area contributed by atoms with Crippen LogP contribution in [0, 0.1) is 0 Å². The Morgan fingerprint density at radius 2 is 1.40 bits per heavy atom. The quantitative estimate of drug-likeness (QED) is 0.0798. The van der Waals surface area contributed by atoms with Gasteiger partial charge in [0.1, 0.15) is 30.2 Å². The van der Waals surface area contributed by atoms with Crippen LogP contribution in [0.1, 0.15) is 68.9 Å². The zero-order chi connectivity index (χ0) is 41.4. The number of nitrogens with zero attached hydrogens (tertiary/aromatic N) is 2. The van der Waals surface area contributed by atoms with Gasteiger partial charge in [0.15, 0.2) is 5.96 Å². The molecule has 0 radical (unpaired) electrons. The van der Waals surface area contributed by atoms with Crippen LogP contribution in [-0.4, -0.2) is 108 Å². The van der Waals surface area contributed by atoms with Gasteiger partial charge in [0.2, 0.25) is 35.4 Å². The maximum absolute atomic E-state index is 14.3. The number of aromatic amines is 1. The van der Waals surface area contributed by atoms with Crippen molar-refractivity contribution in [3.63, 3.8) is 0 Å². The van der Waals surface area contributed by atoms with E-state index in [2.05, 4.69) is 36.6 Å². The summed E-state index contributed by atoms with van der Waals surface area (Å²) >= 11 is 0. The molecule has 5 rings (SSSR count). The molecule has 6 amide bonds. The first-order valence-corrected chi connectivity index (χ1v) is 20.2. The van der Waals surface area contributed by atoms with E-state index in [4.69, 9.17) is 17.2 Å². The van der Waals surface area contributed by atoms with E-state index in [9.17, 15) is 28.8 Å². The van der Waals surface area contributed by atoms with Gasteiger partial charge >= 0.3 is 0 Å². The largest absolute Gasteiger partial charge is 0.370 e. The molecule has 2 aromatic carbocycles. The number of guanidine groups is 1. The Bertz CT molecular complexity index is 1910. The second-order valence-corrected chi connectivity index (χ2v) is 14.9. The van der Waals surface area contributed by atoms with E-state index in [0.29, 0.717) is 51.7 Å². The molecule has 3 heterocycles. The molecule has 3 aromatic rings. The summed E-state index contributed by atoms with van der Waals surface area (Å²) in [6, 6.07) is 11.4. The number of carbonyl (C=O) groups is 6. The predicted molar refractivity (Wildman–Crippen MR) is 220 cm³/mol. The number of nitrogens with one attached hydrogen (secondary N) is 6. The lowest BCUT2D eigenvalue weighted by molar-refractivity contribution is -0.139. The van der Waals surface area contributed by atoms with Gasteiger partial charge in [-0.2, -0.15) is 0 Å². The molecular weight excluding hydrogens is 743 g/mol. The molecule has 0 spiro atoms. The number of benzene rings is 2. The first-order chi connectivity index (χ1) is 28.0. The number of H-pyrrole nitrogens is 1. The molecule has 2 fully saturated rings. The van der Waals surface area contributed by atoms with Gasteiger partial charge in [-0.25, -0.2) is 0 Å². The van der Waals surface area contributed by atoms with Crippen molar-refractivity contribution in [3.05, 3.63) is 71.9 Å². The molecule has 0 saturated carbocycles. The number of nitrogens with two attached hydrogens (primary N) is 3. The minimum atomic E-state index is -1.19. The summed E-state index contributed by atoms with van der Waals surface area (Å²) in [6.07, 6.45) is 5.71. The molecule has 2 aliphatic rings. The highest BCUT2D eigenvalue weighted by atomic mass is 16.2. The number of primary amides is 1. The van der Waals surface area contributed by atoms with Crippen molar-refractivity contribution in [2.45, 2.75) is 101 Å². The molecular formula is C41H57N11O6. The van der Waals surface area contributed by atoms with Crippen LogP contribution in [0.5, 0.6) is 0 Å². The molecule has 5 atom stereocenters. The number of hydrogen-bond donors (Lipinski definition) is 9. The second-order valence-electron chi connectivity index (χ2n) is 14.9. The molecule has 0 aliphatic carbocycles. The summed E-state index contributed by atoms with van der Waals surface area (Å²) in [5, 5.41) is 15.5. The van der Waals surface area contributed by atoms with Crippen molar-refractivity contribution in [1.82, 2.24) is 36.5 Å². The first kappa shape index (κ1) is 43.2. The fourth-order valence-corrected chi connectivity index (χ4v) is 7.50. The lowest BCUT2D eigenvalue weighted by Gasteiger charge is -2.28. The fraction of sp³-hybridized carbons (Fsp3) is 0.488. The first-order valence-electron chi connectivity index (χ1n) is 20.2. The van der Waals surface area contributed by atoms with Crippen LogP contribution in [0.25, 0.3) is 10.9 Å².